The summed E-state index contributed by atoms with van der Waals surface area (Å²) in [5, 5.41) is 0. The maximum absolute atomic E-state index is 14.0. The lowest BCUT2D eigenvalue weighted by Crippen LogP contribution is -2.15. The highest BCUT2D eigenvalue weighted by Crippen LogP contribution is 2.43. The van der Waals surface area contributed by atoms with E-state index in [9.17, 15) is 8.78 Å². The Morgan fingerprint density at radius 2 is 1.47 bits per heavy atom. The van der Waals surface area contributed by atoms with Gasteiger partial charge in [0, 0.05) is 0 Å². The first-order valence-corrected chi connectivity index (χ1v) is 7.59. The normalized spacial score (nSPS) is 27.5. The zero-order chi connectivity index (χ0) is 13.4. The predicted octanol–water partition coefficient (Wildman–Crippen LogP) is 5.35. The van der Waals surface area contributed by atoms with Gasteiger partial charge in [-0.05, 0) is 67.9 Å². The summed E-state index contributed by atoms with van der Waals surface area (Å²) in [6.07, 6.45) is 8.63. The van der Waals surface area contributed by atoms with Gasteiger partial charge in [-0.25, -0.2) is 8.78 Å². The minimum atomic E-state index is -0.655. The van der Waals surface area contributed by atoms with E-state index in [-0.39, 0.29) is 5.92 Å². The van der Waals surface area contributed by atoms with Crippen LogP contribution in [0, 0.1) is 30.4 Å². The van der Waals surface area contributed by atoms with Crippen LogP contribution in [0.15, 0.2) is 12.1 Å². The lowest BCUT2D eigenvalue weighted by molar-refractivity contribution is 0.294. The number of rotatable bonds is 3. The molecule has 0 unspecified atom stereocenters. The standard InChI is InChI=1S/C17H22F2/c1-11-2-9-15(17(19)16(11)18)14-7-5-13(6-8-14)10-12-3-4-12/h2,9,12-14H,3-8,10H2,1H3. The van der Waals surface area contributed by atoms with E-state index >= 15 is 0 Å². The summed E-state index contributed by atoms with van der Waals surface area (Å²) >= 11 is 0. The molecule has 2 saturated carbocycles. The van der Waals surface area contributed by atoms with Gasteiger partial charge in [0.1, 0.15) is 0 Å². The van der Waals surface area contributed by atoms with Gasteiger partial charge in [-0.2, -0.15) is 0 Å². The van der Waals surface area contributed by atoms with Crippen LogP contribution in [0.5, 0.6) is 0 Å². The summed E-state index contributed by atoms with van der Waals surface area (Å²) in [6, 6.07) is 3.50. The van der Waals surface area contributed by atoms with Crippen LogP contribution in [0.2, 0.25) is 0 Å². The molecule has 0 spiro atoms. The maximum Gasteiger partial charge on any atom is 0.162 e. The second-order valence-electron chi connectivity index (χ2n) is 6.50. The third-order valence-corrected chi connectivity index (χ3v) is 4.96. The van der Waals surface area contributed by atoms with Gasteiger partial charge in [0.2, 0.25) is 0 Å². The molecule has 19 heavy (non-hydrogen) atoms. The predicted molar refractivity (Wildman–Crippen MR) is 73.1 cm³/mol. The molecule has 1 aromatic rings. The molecule has 0 aromatic heterocycles. The maximum atomic E-state index is 14.0. The van der Waals surface area contributed by atoms with Crippen LogP contribution >= 0.6 is 0 Å². The molecule has 2 heteroatoms. The van der Waals surface area contributed by atoms with Crippen molar-refractivity contribution in [2.75, 3.05) is 0 Å². The van der Waals surface area contributed by atoms with Crippen LogP contribution in [0.25, 0.3) is 0 Å². The minimum absolute atomic E-state index is 0.227. The van der Waals surface area contributed by atoms with E-state index in [2.05, 4.69) is 0 Å². The summed E-state index contributed by atoms with van der Waals surface area (Å²) in [6.45, 7) is 1.62. The van der Waals surface area contributed by atoms with E-state index in [1.54, 1.807) is 19.1 Å². The first kappa shape index (κ1) is 13.1. The SMILES string of the molecule is Cc1ccc(C2CCC(CC3CC3)CC2)c(F)c1F. The van der Waals surface area contributed by atoms with Crippen molar-refractivity contribution in [3.05, 3.63) is 34.9 Å². The van der Waals surface area contributed by atoms with E-state index < -0.39 is 11.6 Å². The number of benzene rings is 1. The van der Waals surface area contributed by atoms with Crippen molar-refractivity contribution in [2.24, 2.45) is 11.8 Å². The van der Waals surface area contributed by atoms with Gasteiger partial charge in [-0.3, -0.25) is 0 Å². The van der Waals surface area contributed by atoms with Gasteiger partial charge in [-0.15, -0.1) is 0 Å². The monoisotopic (exact) mass is 264 g/mol. The first-order chi connectivity index (χ1) is 9.15. The lowest BCUT2D eigenvalue weighted by Gasteiger charge is -2.29. The molecule has 0 amide bonds. The van der Waals surface area contributed by atoms with Crippen LogP contribution < -0.4 is 0 Å². The number of halogens is 2. The average molecular weight is 264 g/mol. The highest BCUT2D eigenvalue weighted by atomic mass is 19.2. The fourth-order valence-corrected chi connectivity index (χ4v) is 3.51. The molecule has 3 rings (SSSR count). The van der Waals surface area contributed by atoms with E-state index in [1.807, 2.05) is 0 Å². The number of hydrogen-bond acceptors (Lipinski definition) is 0. The molecule has 0 atom stereocenters. The van der Waals surface area contributed by atoms with Gasteiger partial charge in [-0.1, -0.05) is 25.0 Å². The van der Waals surface area contributed by atoms with Crippen molar-refractivity contribution >= 4 is 0 Å². The fraction of sp³-hybridized carbons (Fsp3) is 0.647. The zero-order valence-corrected chi connectivity index (χ0v) is 11.6. The Kier molecular flexibility index (Phi) is 3.60. The van der Waals surface area contributed by atoms with E-state index in [0.29, 0.717) is 11.1 Å². The van der Waals surface area contributed by atoms with Gasteiger partial charge < -0.3 is 0 Å². The van der Waals surface area contributed by atoms with Crippen LogP contribution in [-0.2, 0) is 0 Å². The number of aryl methyl sites for hydroxylation is 1. The van der Waals surface area contributed by atoms with Crippen molar-refractivity contribution in [1.29, 1.82) is 0 Å². The minimum Gasteiger partial charge on any atom is -0.203 e. The second-order valence-corrected chi connectivity index (χ2v) is 6.50. The largest absolute Gasteiger partial charge is 0.203 e. The summed E-state index contributed by atoms with van der Waals surface area (Å²) in [5.41, 5.74) is 1.01. The molecule has 1 aromatic carbocycles. The van der Waals surface area contributed by atoms with Gasteiger partial charge in [0.05, 0.1) is 0 Å². The molecule has 0 aliphatic heterocycles. The van der Waals surface area contributed by atoms with E-state index in [1.165, 1.54) is 32.1 Å². The highest BCUT2D eigenvalue weighted by Gasteiger charge is 2.30. The third kappa shape index (κ3) is 2.82. The average Bonchev–Trinajstić information content (AvgIpc) is 3.22. The summed E-state index contributed by atoms with van der Waals surface area (Å²) in [4.78, 5) is 0. The molecule has 2 fully saturated rings. The Labute approximate surface area is 114 Å². The van der Waals surface area contributed by atoms with Crippen LogP contribution in [0.1, 0.15) is 62.0 Å². The smallest absolute Gasteiger partial charge is 0.162 e. The van der Waals surface area contributed by atoms with Crippen molar-refractivity contribution in [2.45, 2.75) is 57.8 Å². The van der Waals surface area contributed by atoms with Crippen LogP contribution in [0.4, 0.5) is 8.78 Å². The Hall–Kier alpha value is -0.920. The highest BCUT2D eigenvalue weighted by molar-refractivity contribution is 5.28. The molecule has 0 saturated heterocycles. The molecule has 2 aliphatic rings. The molecule has 0 heterocycles. The Balaban J connectivity index is 1.65. The molecule has 0 radical (unpaired) electrons. The summed E-state index contributed by atoms with van der Waals surface area (Å²) in [7, 11) is 0. The second kappa shape index (κ2) is 5.22. The van der Waals surface area contributed by atoms with Crippen molar-refractivity contribution in [3.8, 4) is 0 Å². The van der Waals surface area contributed by atoms with Crippen molar-refractivity contribution in [1.82, 2.24) is 0 Å². The fourth-order valence-electron chi connectivity index (χ4n) is 3.51. The van der Waals surface area contributed by atoms with Crippen molar-refractivity contribution in [3.63, 3.8) is 0 Å². The summed E-state index contributed by atoms with van der Waals surface area (Å²) < 4.78 is 27.6. The Bertz CT molecular complexity index is 455. The summed E-state index contributed by atoms with van der Waals surface area (Å²) in [5.74, 6) is 0.783. The van der Waals surface area contributed by atoms with Crippen molar-refractivity contribution < 1.29 is 8.78 Å². The van der Waals surface area contributed by atoms with E-state index in [4.69, 9.17) is 0 Å². The molecular weight excluding hydrogens is 242 g/mol. The topological polar surface area (TPSA) is 0 Å². The van der Waals surface area contributed by atoms with E-state index in [0.717, 1.165) is 24.7 Å². The molecule has 0 N–H and O–H groups in total. The molecule has 104 valence electrons. The third-order valence-electron chi connectivity index (χ3n) is 4.96. The van der Waals surface area contributed by atoms with Crippen LogP contribution in [-0.4, -0.2) is 0 Å². The number of hydrogen-bond donors (Lipinski definition) is 0. The molecule has 2 aliphatic carbocycles. The molecule has 0 bridgehead atoms. The van der Waals surface area contributed by atoms with Gasteiger partial charge >= 0.3 is 0 Å². The first-order valence-electron chi connectivity index (χ1n) is 7.59. The lowest BCUT2D eigenvalue weighted by atomic mass is 9.76. The Morgan fingerprint density at radius 3 is 2.05 bits per heavy atom. The Morgan fingerprint density at radius 1 is 0.895 bits per heavy atom. The van der Waals surface area contributed by atoms with Gasteiger partial charge in [0.25, 0.3) is 0 Å². The quantitative estimate of drug-likeness (QED) is 0.690. The molecule has 0 nitrogen and oxygen atoms in total. The van der Waals surface area contributed by atoms with Crippen LogP contribution in [0.3, 0.4) is 0 Å². The van der Waals surface area contributed by atoms with Gasteiger partial charge in [0.15, 0.2) is 11.6 Å². The zero-order valence-electron chi connectivity index (χ0n) is 11.6. The molecular formula is C17H22F2.